The lowest BCUT2D eigenvalue weighted by Crippen LogP contribution is -2.47. The molecule has 2 rings (SSSR count). The number of methoxy groups -OCH3 is 1. The summed E-state index contributed by atoms with van der Waals surface area (Å²) in [5.41, 5.74) is 0.925. The van der Waals surface area contributed by atoms with Crippen LogP contribution in [0.25, 0.3) is 0 Å². The zero-order valence-electron chi connectivity index (χ0n) is 12.4. The number of nitrogens with zero attached hydrogens (tertiary/aromatic N) is 2. The van der Waals surface area contributed by atoms with Gasteiger partial charge in [-0.25, -0.2) is 4.79 Å². The summed E-state index contributed by atoms with van der Waals surface area (Å²) in [6, 6.07) is 6.10. The van der Waals surface area contributed by atoms with E-state index in [1.165, 1.54) is 0 Å². The van der Waals surface area contributed by atoms with E-state index in [1.54, 1.807) is 13.3 Å². The molecule has 1 fully saturated rings. The number of carbonyl (C=O) groups is 1. The number of pyridine rings is 1. The molecule has 5 heteroatoms. The van der Waals surface area contributed by atoms with Gasteiger partial charge in [-0.2, -0.15) is 0 Å². The van der Waals surface area contributed by atoms with Crippen molar-refractivity contribution >= 4 is 6.03 Å². The molecule has 1 aromatic heterocycles. The maximum absolute atomic E-state index is 12.5. The van der Waals surface area contributed by atoms with Gasteiger partial charge >= 0.3 is 6.03 Å². The minimum atomic E-state index is -0.0322. The molecular formula is C15H23N3O2. The van der Waals surface area contributed by atoms with Gasteiger partial charge in [0.2, 0.25) is 0 Å². The van der Waals surface area contributed by atoms with Crippen molar-refractivity contribution in [2.45, 2.75) is 44.8 Å². The Hall–Kier alpha value is -1.62. The van der Waals surface area contributed by atoms with Crippen LogP contribution in [0.15, 0.2) is 24.4 Å². The highest BCUT2D eigenvalue weighted by atomic mass is 16.5. The van der Waals surface area contributed by atoms with Gasteiger partial charge < -0.3 is 15.0 Å². The maximum Gasteiger partial charge on any atom is 0.318 e. The van der Waals surface area contributed by atoms with Crippen LogP contribution in [0.4, 0.5) is 4.79 Å². The summed E-state index contributed by atoms with van der Waals surface area (Å²) in [6.07, 6.45) is 3.91. The second-order valence-corrected chi connectivity index (χ2v) is 5.37. The molecule has 1 aliphatic rings. The average Bonchev–Trinajstić information content (AvgIpc) is 3.24. The molecule has 5 nitrogen and oxygen atoms in total. The van der Waals surface area contributed by atoms with Crippen molar-refractivity contribution < 1.29 is 9.53 Å². The summed E-state index contributed by atoms with van der Waals surface area (Å²) >= 11 is 0. The van der Waals surface area contributed by atoms with Gasteiger partial charge in [0.1, 0.15) is 0 Å². The van der Waals surface area contributed by atoms with Crippen molar-refractivity contribution in [3.05, 3.63) is 30.1 Å². The number of carbonyl (C=O) groups excluding carboxylic acids is 1. The van der Waals surface area contributed by atoms with Crippen LogP contribution >= 0.6 is 0 Å². The molecule has 1 saturated carbocycles. The Balaban J connectivity index is 2.05. The van der Waals surface area contributed by atoms with Gasteiger partial charge in [-0.1, -0.05) is 6.07 Å². The van der Waals surface area contributed by atoms with E-state index in [0.29, 0.717) is 12.6 Å². The summed E-state index contributed by atoms with van der Waals surface area (Å²) < 4.78 is 5.06. The highest BCUT2D eigenvalue weighted by Crippen LogP contribution is 2.33. The Morgan fingerprint density at radius 2 is 2.25 bits per heavy atom. The summed E-state index contributed by atoms with van der Waals surface area (Å²) in [5.74, 6) is 0. The van der Waals surface area contributed by atoms with Crippen LogP contribution in [0.5, 0.6) is 0 Å². The number of amides is 2. The molecule has 1 N–H and O–H groups in total. The summed E-state index contributed by atoms with van der Waals surface area (Å²) in [4.78, 5) is 18.7. The van der Waals surface area contributed by atoms with E-state index in [0.717, 1.165) is 18.5 Å². The first-order valence-corrected chi connectivity index (χ1v) is 7.12. The molecule has 0 aromatic carbocycles. The lowest BCUT2D eigenvalue weighted by Gasteiger charge is -2.30. The molecule has 1 heterocycles. The molecule has 0 bridgehead atoms. The van der Waals surface area contributed by atoms with E-state index in [9.17, 15) is 4.79 Å². The van der Waals surface area contributed by atoms with Crippen molar-refractivity contribution in [2.75, 3.05) is 13.7 Å². The molecular weight excluding hydrogens is 254 g/mol. The van der Waals surface area contributed by atoms with Gasteiger partial charge in [-0.05, 0) is 38.8 Å². The quantitative estimate of drug-likeness (QED) is 0.868. The Morgan fingerprint density at radius 1 is 1.50 bits per heavy atom. The van der Waals surface area contributed by atoms with Gasteiger partial charge in [-0.3, -0.25) is 4.98 Å². The molecule has 0 spiro atoms. The first-order chi connectivity index (χ1) is 9.63. The van der Waals surface area contributed by atoms with Crippen LogP contribution in [0, 0.1) is 0 Å². The molecule has 2 atom stereocenters. The fourth-order valence-electron chi connectivity index (χ4n) is 2.35. The lowest BCUT2D eigenvalue weighted by molar-refractivity contribution is 0.148. The summed E-state index contributed by atoms with van der Waals surface area (Å²) in [6.45, 7) is 4.49. The van der Waals surface area contributed by atoms with Crippen molar-refractivity contribution in [2.24, 2.45) is 0 Å². The highest BCUT2D eigenvalue weighted by molar-refractivity contribution is 5.75. The van der Waals surface area contributed by atoms with Crippen molar-refractivity contribution in [3.63, 3.8) is 0 Å². The third-order valence-electron chi connectivity index (χ3n) is 3.49. The van der Waals surface area contributed by atoms with Gasteiger partial charge in [0, 0.05) is 19.3 Å². The molecule has 2 unspecified atom stereocenters. The predicted octanol–water partition coefficient (Wildman–Crippen LogP) is 2.35. The first kappa shape index (κ1) is 14.8. The van der Waals surface area contributed by atoms with Gasteiger partial charge in [0.25, 0.3) is 0 Å². The lowest BCUT2D eigenvalue weighted by atomic mass is 10.2. The minimum absolute atomic E-state index is 0.00434. The van der Waals surface area contributed by atoms with Gasteiger partial charge in [0.05, 0.1) is 24.4 Å². The fraction of sp³-hybridized carbons (Fsp3) is 0.600. The number of aromatic nitrogens is 1. The van der Waals surface area contributed by atoms with Gasteiger partial charge in [-0.15, -0.1) is 0 Å². The van der Waals surface area contributed by atoms with E-state index in [1.807, 2.05) is 36.9 Å². The number of rotatable bonds is 6. The fourth-order valence-corrected chi connectivity index (χ4v) is 2.35. The average molecular weight is 277 g/mol. The number of nitrogens with one attached hydrogen (secondary N) is 1. The normalized spacial score (nSPS) is 17.4. The molecule has 1 aliphatic carbocycles. The highest BCUT2D eigenvalue weighted by Gasteiger charge is 2.37. The largest absolute Gasteiger partial charge is 0.383 e. The zero-order chi connectivity index (χ0) is 14.5. The van der Waals surface area contributed by atoms with Crippen LogP contribution in [0.3, 0.4) is 0 Å². The van der Waals surface area contributed by atoms with Gasteiger partial charge in [0.15, 0.2) is 0 Å². The SMILES string of the molecule is COCC(C)NC(=O)N(C1CC1)C(C)c1ccccn1. The Morgan fingerprint density at radius 3 is 2.80 bits per heavy atom. The monoisotopic (exact) mass is 277 g/mol. The van der Waals surface area contributed by atoms with Crippen molar-refractivity contribution in [1.82, 2.24) is 15.2 Å². The van der Waals surface area contributed by atoms with Crippen molar-refractivity contribution in [1.29, 1.82) is 0 Å². The van der Waals surface area contributed by atoms with E-state index in [2.05, 4.69) is 10.3 Å². The molecule has 0 aliphatic heterocycles. The third-order valence-corrected chi connectivity index (χ3v) is 3.49. The number of ether oxygens (including phenoxy) is 1. The van der Waals surface area contributed by atoms with E-state index < -0.39 is 0 Å². The second kappa shape index (κ2) is 6.70. The number of hydrogen-bond acceptors (Lipinski definition) is 3. The zero-order valence-corrected chi connectivity index (χ0v) is 12.4. The topological polar surface area (TPSA) is 54.5 Å². The Labute approximate surface area is 120 Å². The summed E-state index contributed by atoms with van der Waals surface area (Å²) in [5, 5.41) is 2.99. The second-order valence-electron chi connectivity index (χ2n) is 5.37. The van der Waals surface area contributed by atoms with E-state index in [-0.39, 0.29) is 18.1 Å². The standard InChI is InChI=1S/C15H23N3O2/c1-11(10-20-3)17-15(19)18(13-7-8-13)12(2)14-6-4-5-9-16-14/h4-6,9,11-13H,7-8,10H2,1-3H3,(H,17,19). The number of hydrogen-bond donors (Lipinski definition) is 1. The third kappa shape index (κ3) is 3.70. The van der Waals surface area contributed by atoms with E-state index >= 15 is 0 Å². The summed E-state index contributed by atoms with van der Waals surface area (Å²) in [7, 11) is 1.64. The van der Waals surface area contributed by atoms with Crippen LogP contribution < -0.4 is 5.32 Å². The van der Waals surface area contributed by atoms with Crippen LogP contribution in [0.1, 0.15) is 38.4 Å². The molecule has 110 valence electrons. The maximum atomic E-state index is 12.5. The van der Waals surface area contributed by atoms with Crippen LogP contribution in [-0.4, -0.2) is 41.7 Å². The van der Waals surface area contributed by atoms with Crippen LogP contribution in [0.2, 0.25) is 0 Å². The predicted molar refractivity (Wildman–Crippen MR) is 77.4 cm³/mol. The van der Waals surface area contributed by atoms with E-state index in [4.69, 9.17) is 4.74 Å². The molecule has 1 aromatic rings. The minimum Gasteiger partial charge on any atom is -0.383 e. The first-order valence-electron chi connectivity index (χ1n) is 7.12. The molecule has 0 radical (unpaired) electrons. The van der Waals surface area contributed by atoms with Crippen LogP contribution in [-0.2, 0) is 4.74 Å². The smallest absolute Gasteiger partial charge is 0.318 e. The Bertz CT molecular complexity index is 434. The molecule has 20 heavy (non-hydrogen) atoms. The molecule has 0 saturated heterocycles. The molecule has 2 amide bonds. The van der Waals surface area contributed by atoms with Crippen molar-refractivity contribution in [3.8, 4) is 0 Å². The number of urea groups is 1. The Kier molecular flexibility index (Phi) is 4.95.